The van der Waals surface area contributed by atoms with E-state index in [-0.39, 0.29) is 35.0 Å². The van der Waals surface area contributed by atoms with Crippen LogP contribution >= 0.6 is 0 Å². The number of piperidine rings is 1. The van der Waals surface area contributed by atoms with Crippen molar-refractivity contribution in [3.63, 3.8) is 0 Å². The van der Waals surface area contributed by atoms with Gasteiger partial charge in [-0.05, 0) is 50.5 Å². The predicted octanol–water partition coefficient (Wildman–Crippen LogP) is 3.62. The third-order valence-corrected chi connectivity index (χ3v) is 7.89. The van der Waals surface area contributed by atoms with Crippen LogP contribution in [0.4, 0.5) is 8.78 Å². The molecule has 3 heterocycles. The maximum Gasteiger partial charge on any atom is 0.273 e. The van der Waals surface area contributed by atoms with E-state index in [2.05, 4.69) is 25.7 Å². The van der Waals surface area contributed by atoms with Crippen LogP contribution in [0, 0.1) is 17.6 Å². The highest BCUT2D eigenvalue weighted by molar-refractivity contribution is 5.94. The zero-order valence-corrected chi connectivity index (χ0v) is 22.2. The molecule has 5 atom stereocenters. The fraction of sp³-hybridized carbons (Fsp3) is 0.448. The predicted molar refractivity (Wildman–Crippen MR) is 142 cm³/mol. The molecular formula is C29H33F2N5O4. The van der Waals surface area contributed by atoms with Crippen LogP contribution in [0.3, 0.4) is 0 Å². The van der Waals surface area contributed by atoms with Crippen molar-refractivity contribution < 1.29 is 28.0 Å². The molecule has 9 nitrogen and oxygen atoms in total. The van der Waals surface area contributed by atoms with Gasteiger partial charge in [0.15, 0.2) is 11.5 Å². The number of hydrogen-bond acceptors (Lipinski definition) is 7. The topological polar surface area (TPSA) is 121 Å². The average molecular weight is 554 g/mol. The number of nitrogens with zero attached hydrogens (tertiary/aromatic N) is 3. The molecule has 1 saturated carbocycles. The number of carbonyl (C=O) groups excluding carboxylic acids is 2. The van der Waals surface area contributed by atoms with Crippen molar-refractivity contribution >= 4 is 11.8 Å². The summed E-state index contributed by atoms with van der Waals surface area (Å²) in [5, 5.41) is 20.4. The number of pyridine rings is 1. The Bertz CT molecular complexity index is 1340. The fourth-order valence-electron chi connectivity index (χ4n) is 5.70. The van der Waals surface area contributed by atoms with E-state index < -0.39 is 35.6 Å². The first kappa shape index (κ1) is 27.9. The molecule has 2 aromatic heterocycles. The van der Waals surface area contributed by atoms with Gasteiger partial charge in [-0.3, -0.25) is 19.5 Å². The molecule has 3 aromatic rings. The molecular weight excluding hydrogens is 520 g/mol. The Hall–Kier alpha value is -3.70. The maximum absolute atomic E-state index is 14.2. The van der Waals surface area contributed by atoms with E-state index in [9.17, 15) is 23.5 Å². The van der Waals surface area contributed by atoms with E-state index in [0.717, 1.165) is 43.5 Å². The number of nitrogens with one attached hydrogen (secondary N) is 2. The molecule has 2 amide bonds. The zero-order valence-electron chi connectivity index (χ0n) is 22.2. The summed E-state index contributed by atoms with van der Waals surface area (Å²) in [6.07, 6.45) is 5.31. The summed E-state index contributed by atoms with van der Waals surface area (Å²) < 4.78 is 32.7. The smallest absolute Gasteiger partial charge is 0.273 e. The lowest BCUT2D eigenvalue weighted by atomic mass is 9.85. The summed E-state index contributed by atoms with van der Waals surface area (Å²) in [7, 11) is 0. The molecule has 2 fully saturated rings. The van der Waals surface area contributed by atoms with Gasteiger partial charge in [-0.1, -0.05) is 24.1 Å². The quantitative estimate of drug-likeness (QED) is 0.409. The van der Waals surface area contributed by atoms with Gasteiger partial charge in [-0.2, -0.15) is 0 Å². The number of likely N-dealkylation sites (tertiary alicyclic amines) is 1. The van der Waals surface area contributed by atoms with Crippen molar-refractivity contribution in [3.8, 4) is 11.3 Å². The fourth-order valence-corrected chi connectivity index (χ4v) is 5.70. The second-order valence-corrected chi connectivity index (χ2v) is 10.6. The SMILES string of the molecule is C[C@H](NC(=O)[C@H]1CN([C@H]2CCCC[C@H]2O)CC[C@@H]1NC(=O)c1cc(-c2ccc(F)cc2F)on1)c1ccccn1. The molecule has 0 bridgehead atoms. The molecule has 1 aliphatic heterocycles. The Labute approximate surface area is 231 Å². The minimum atomic E-state index is -0.834. The summed E-state index contributed by atoms with van der Waals surface area (Å²) in [6.45, 7) is 2.83. The zero-order chi connectivity index (χ0) is 28.2. The van der Waals surface area contributed by atoms with E-state index in [4.69, 9.17) is 4.52 Å². The molecule has 2 aliphatic rings. The number of carbonyl (C=O) groups is 2. The Morgan fingerprint density at radius 1 is 1.12 bits per heavy atom. The number of halogens is 2. The van der Waals surface area contributed by atoms with Crippen LogP contribution in [0.25, 0.3) is 11.3 Å². The Morgan fingerprint density at radius 3 is 2.70 bits per heavy atom. The number of rotatable bonds is 7. The molecule has 5 rings (SSSR count). The Balaban J connectivity index is 1.32. The van der Waals surface area contributed by atoms with Crippen LogP contribution in [0.2, 0.25) is 0 Å². The Morgan fingerprint density at radius 2 is 1.95 bits per heavy atom. The molecule has 11 heteroatoms. The number of amides is 2. The normalized spacial score (nSPS) is 24.3. The van der Waals surface area contributed by atoms with Gasteiger partial charge in [0.25, 0.3) is 5.91 Å². The van der Waals surface area contributed by atoms with E-state index in [1.165, 1.54) is 12.1 Å². The van der Waals surface area contributed by atoms with E-state index >= 15 is 0 Å². The third kappa shape index (κ3) is 6.20. The lowest BCUT2D eigenvalue weighted by molar-refractivity contribution is -0.129. The van der Waals surface area contributed by atoms with Gasteiger partial charge in [0, 0.05) is 43.5 Å². The number of hydrogen-bond donors (Lipinski definition) is 3. The number of aliphatic hydroxyl groups is 1. The lowest BCUT2D eigenvalue weighted by Crippen LogP contribution is -2.59. The van der Waals surface area contributed by atoms with E-state index in [0.29, 0.717) is 19.5 Å². The molecule has 1 aliphatic carbocycles. The lowest BCUT2D eigenvalue weighted by Gasteiger charge is -2.44. The van der Waals surface area contributed by atoms with Crippen LogP contribution < -0.4 is 10.6 Å². The van der Waals surface area contributed by atoms with Crippen molar-refractivity contribution in [2.24, 2.45) is 5.92 Å². The molecule has 1 saturated heterocycles. The first-order valence-electron chi connectivity index (χ1n) is 13.7. The summed E-state index contributed by atoms with van der Waals surface area (Å²) >= 11 is 0. The molecule has 212 valence electrons. The number of aliphatic hydroxyl groups excluding tert-OH is 1. The maximum atomic E-state index is 14.2. The number of benzene rings is 1. The molecule has 0 spiro atoms. The first-order valence-corrected chi connectivity index (χ1v) is 13.7. The molecule has 0 unspecified atom stereocenters. The van der Waals surface area contributed by atoms with Gasteiger partial charge in [-0.25, -0.2) is 8.78 Å². The molecule has 3 N–H and O–H groups in total. The van der Waals surface area contributed by atoms with Crippen LogP contribution in [0.1, 0.15) is 61.3 Å². The summed E-state index contributed by atoms with van der Waals surface area (Å²) in [4.78, 5) is 33.2. The van der Waals surface area contributed by atoms with Gasteiger partial charge in [0.2, 0.25) is 5.91 Å². The standard InChI is InChI=1S/C29H33F2N5O4/c1-17(22-6-4-5-12-32-22)33-28(38)20-16-36(25-7-2-3-8-26(25)37)13-11-23(20)34-29(39)24-15-27(40-35-24)19-10-9-18(30)14-21(19)31/h4-6,9-10,12,14-15,17,20,23,25-26,37H,2-3,7-8,11,13,16H2,1H3,(H,33,38)(H,34,39)/t17-,20-,23-,25-,26+/m0/s1. The van der Waals surface area contributed by atoms with Crippen molar-refractivity contribution in [1.29, 1.82) is 0 Å². The van der Waals surface area contributed by atoms with Crippen molar-refractivity contribution in [2.75, 3.05) is 13.1 Å². The first-order chi connectivity index (χ1) is 19.3. The van der Waals surface area contributed by atoms with Gasteiger partial charge in [0.1, 0.15) is 11.6 Å². The number of aromatic nitrogens is 2. The highest BCUT2D eigenvalue weighted by Gasteiger charge is 2.40. The van der Waals surface area contributed by atoms with Crippen LogP contribution in [0.15, 0.2) is 53.2 Å². The summed E-state index contributed by atoms with van der Waals surface area (Å²) in [6, 6.07) is 8.93. The average Bonchev–Trinajstić information content (AvgIpc) is 3.44. The second kappa shape index (κ2) is 12.2. The monoisotopic (exact) mass is 553 g/mol. The largest absolute Gasteiger partial charge is 0.391 e. The van der Waals surface area contributed by atoms with E-state index in [1.54, 1.807) is 12.3 Å². The Kier molecular flexibility index (Phi) is 8.51. The third-order valence-electron chi connectivity index (χ3n) is 7.89. The van der Waals surface area contributed by atoms with Gasteiger partial charge in [0.05, 0.1) is 29.3 Å². The van der Waals surface area contributed by atoms with Crippen molar-refractivity contribution in [3.05, 3.63) is 71.7 Å². The van der Waals surface area contributed by atoms with Crippen LogP contribution in [-0.2, 0) is 4.79 Å². The van der Waals surface area contributed by atoms with Gasteiger partial charge >= 0.3 is 0 Å². The van der Waals surface area contributed by atoms with Gasteiger partial charge < -0.3 is 20.3 Å². The second-order valence-electron chi connectivity index (χ2n) is 10.6. The minimum Gasteiger partial charge on any atom is -0.391 e. The summed E-state index contributed by atoms with van der Waals surface area (Å²) in [5.74, 6) is -2.97. The van der Waals surface area contributed by atoms with Crippen molar-refractivity contribution in [1.82, 2.24) is 25.7 Å². The molecule has 1 aromatic carbocycles. The van der Waals surface area contributed by atoms with Gasteiger partial charge in [-0.15, -0.1) is 0 Å². The van der Waals surface area contributed by atoms with Crippen molar-refractivity contribution in [2.45, 2.75) is 63.3 Å². The highest BCUT2D eigenvalue weighted by atomic mass is 19.1. The summed E-state index contributed by atoms with van der Waals surface area (Å²) in [5.41, 5.74) is 0.618. The molecule has 0 radical (unpaired) electrons. The minimum absolute atomic E-state index is 0.0118. The van der Waals surface area contributed by atoms with Crippen LogP contribution in [0.5, 0.6) is 0 Å². The van der Waals surface area contributed by atoms with E-state index in [1.807, 2.05) is 19.1 Å². The highest BCUT2D eigenvalue weighted by Crippen LogP contribution is 2.29. The molecule has 40 heavy (non-hydrogen) atoms. The van der Waals surface area contributed by atoms with Crippen LogP contribution in [-0.4, -0.2) is 63.2 Å².